The van der Waals surface area contributed by atoms with Crippen LogP contribution in [0.15, 0.2) is 0 Å². The van der Waals surface area contributed by atoms with Gasteiger partial charge in [-0.25, -0.2) is 4.98 Å². The Kier molecular flexibility index (Phi) is 3.16. The Balaban J connectivity index is 2.17. The van der Waals surface area contributed by atoms with Crippen molar-refractivity contribution < 1.29 is 4.79 Å². The Morgan fingerprint density at radius 2 is 2.12 bits per heavy atom. The van der Waals surface area contributed by atoms with E-state index >= 15 is 0 Å². The maximum Gasteiger partial charge on any atom is 0.264 e. The van der Waals surface area contributed by atoms with Gasteiger partial charge in [0, 0.05) is 0 Å². The van der Waals surface area contributed by atoms with E-state index in [4.69, 9.17) is 0 Å². The molecule has 0 radical (unpaired) electrons. The van der Waals surface area contributed by atoms with Gasteiger partial charge in [0.25, 0.3) is 5.91 Å². The Morgan fingerprint density at radius 1 is 1.47 bits per heavy atom. The third-order valence-corrected chi connectivity index (χ3v) is 4.21. The van der Waals surface area contributed by atoms with Crippen LogP contribution >= 0.6 is 11.3 Å². The molecule has 1 saturated carbocycles. The number of thiazole rings is 1. The normalized spacial score (nSPS) is 17.7. The zero-order chi connectivity index (χ0) is 12.5. The summed E-state index contributed by atoms with van der Waals surface area (Å²) in [6.07, 6.45) is 3.53. The van der Waals surface area contributed by atoms with Crippen LogP contribution in [0.5, 0.6) is 0 Å². The molecule has 0 aromatic carbocycles. The van der Waals surface area contributed by atoms with Crippen LogP contribution in [-0.4, -0.2) is 16.4 Å². The van der Waals surface area contributed by atoms with Gasteiger partial charge >= 0.3 is 0 Å². The predicted molar refractivity (Wildman–Crippen MR) is 65.9 cm³/mol. The van der Waals surface area contributed by atoms with Crippen molar-refractivity contribution in [1.82, 2.24) is 10.3 Å². The molecule has 0 bridgehead atoms. The summed E-state index contributed by atoms with van der Waals surface area (Å²) < 4.78 is 0. The second-order valence-electron chi connectivity index (χ2n) is 4.50. The molecule has 1 N–H and O–H groups in total. The summed E-state index contributed by atoms with van der Waals surface area (Å²) in [6.45, 7) is 3.70. The lowest BCUT2D eigenvalue weighted by molar-refractivity contribution is 0.0924. The fourth-order valence-corrected chi connectivity index (χ4v) is 3.07. The Bertz CT molecular complexity index is 480. The van der Waals surface area contributed by atoms with Gasteiger partial charge in [-0.05, 0) is 39.5 Å². The van der Waals surface area contributed by atoms with Gasteiger partial charge in [0.1, 0.15) is 10.4 Å². The molecule has 1 fully saturated rings. The Hall–Kier alpha value is -1.41. The van der Waals surface area contributed by atoms with E-state index in [1.807, 2.05) is 13.8 Å². The van der Waals surface area contributed by atoms with Crippen LogP contribution in [0.1, 0.15) is 46.1 Å². The molecule has 17 heavy (non-hydrogen) atoms. The van der Waals surface area contributed by atoms with Crippen LogP contribution < -0.4 is 5.32 Å². The molecule has 0 aliphatic heterocycles. The maximum absolute atomic E-state index is 12.1. The topological polar surface area (TPSA) is 65.8 Å². The fraction of sp³-hybridized carbons (Fsp3) is 0.583. The van der Waals surface area contributed by atoms with Crippen molar-refractivity contribution in [2.75, 3.05) is 0 Å². The first kappa shape index (κ1) is 12.1. The predicted octanol–water partition coefficient (Wildman–Crippen LogP) is 2.33. The highest BCUT2D eigenvalue weighted by Gasteiger charge is 2.36. The van der Waals surface area contributed by atoms with Gasteiger partial charge in [0.05, 0.1) is 16.8 Å². The van der Waals surface area contributed by atoms with Crippen LogP contribution in [0.25, 0.3) is 0 Å². The largest absolute Gasteiger partial charge is 0.333 e. The molecule has 1 heterocycles. The summed E-state index contributed by atoms with van der Waals surface area (Å²) in [7, 11) is 0. The highest BCUT2D eigenvalue weighted by atomic mass is 32.1. The van der Waals surface area contributed by atoms with Gasteiger partial charge < -0.3 is 5.32 Å². The molecule has 4 nitrogen and oxygen atoms in total. The van der Waals surface area contributed by atoms with Crippen molar-refractivity contribution in [1.29, 1.82) is 5.26 Å². The Morgan fingerprint density at radius 3 is 2.59 bits per heavy atom. The molecule has 2 rings (SSSR count). The van der Waals surface area contributed by atoms with E-state index in [9.17, 15) is 10.1 Å². The maximum atomic E-state index is 12.1. The fourth-order valence-electron chi connectivity index (χ4n) is 2.26. The van der Waals surface area contributed by atoms with Gasteiger partial charge in [-0.2, -0.15) is 5.26 Å². The number of aryl methyl sites for hydroxylation is 2. The number of nitrogens with one attached hydrogen (secondary N) is 1. The molecular weight excluding hydrogens is 234 g/mol. The first-order chi connectivity index (χ1) is 8.06. The van der Waals surface area contributed by atoms with Crippen molar-refractivity contribution in [2.24, 2.45) is 0 Å². The first-order valence-corrected chi connectivity index (χ1v) is 6.56. The lowest BCUT2D eigenvalue weighted by atomic mass is 10.00. The average Bonchev–Trinajstić information content (AvgIpc) is 2.86. The number of aromatic nitrogens is 1. The molecule has 1 amide bonds. The highest BCUT2D eigenvalue weighted by Crippen LogP contribution is 2.29. The van der Waals surface area contributed by atoms with E-state index in [-0.39, 0.29) is 5.91 Å². The SMILES string of the molecule is Cc1nc(C)c(C(=O)NC2(C#N)CCCC2)s1. The number of carbonyl (C=O) groups is 1. The quantitative estimate of drug-likeness (QED) is 0.874. The minimum Gasteiger partial charge on any atom is -0.333 e. The molecule has 1 aliphatic carbocycles. The molecule has 1 aromatic heterocycles. The monoisotopic (exact) mass is 249 g/mol. The van der Waals surface area contributed by atoms with Crippen molar-refractivity contribution in [3.63, 3.8) is 0 Å². The van der Waals surface area contributed by atoms with Crippen LogP contribution in [0.2, 0.25) is 0 Å². The minimum absolute atomic E-state index is 0.156. The van der Waals surface area contributed by atoms with E-state index < -0.39 is 5.54 Å². The summed E-state index contributed by atoms with van der Waals surface area (Å²) in [4.78, 5) is 17.0. The van der Waals surface area contributed by atoms with E-state index in [0.29, 0.717) is 4.88 Å². The third kappa shape index (κ3) is 2.32. The summed E-state index contributed by atoms with van der Waals surface area (Å²) in [5, 5.41) is 13.0. The van der Waals surface area contributed by atoms with Crippen LogP contribution in [0, 0.1) is 25.2 Å². The molecule has 1 aliphatic rings. The minimum atomic E-state index is -0.651. The molecule has 5 heteroatoms. The zero-order valence-corrected chi connectivity index (χ0v) is 10.9. The molecular formula is C12H15N3OS. The number of hydrogen-bond donors (Lipinski definition) is 1. The number of rotatable bonds is 2. The van der Waals surface area contributed by atoms with Crippen molar-refractivity contribution in [2.45, 2.75) is 45.1 Å². The number of hydrogen-bond acceptors (Lipinski definition) is 4. The number of carbonyl (C=O) groups excluding carboxylic acids is 1. The van der Waals surface area contributed by atoms with E-state index in [1.165, 1.54) is 11.3 Å². The Labute approximate surface area is 105 Å². The molecule has 0 spiro atoms. The van der Waals surface area contributed by atoms with Crippen molar-refractivity contribution in [3.8, 4) is 6.07 Å². The van der Waals surface area contributed by atoms with Crippen molar-refractivity contribution >= 4 is 17.2 Å². The number of amides is 1. The molecule has 90 valence electrons. The number of nitrogens with zero attached hydrogens (tertiary/aromatic N) is 2. The molecule has 0 unspecified atom stereocenters. The summed E-state index contributed by atoms with van der Waals surface area (Å²) in [6, 6.07) is 2.26. The van der Waals surface area contributed by atoms with E-state index in [1.54, 1.807) is 0 Å². The van der Waals surface area contributed by atoms with Gasteiger partial charge in [0.2, 0.25) is 0 Å². The summed E-state index contributed by atoms with van der Waals surface area (Å²) in [5.74, 6) is -0.156. The van der Waals surface area contributed by atoms with Gasteiger partial charge in [-0.1, -0.05) is 0 Å². The van der Waals surface area contributed by atoms with Gasteiger partial charge in [-0.15, -0.1) is 11.3 Å². The van der Waals surface area contributed by atoms with E-state index in [0.717, 1.165) is 36.4 Å². The van der Waals surface area contributed by atoms with E-state index in [2.05, 4.69) is 16.4 Å². The van der Waals surface area contributed by atoms with Gasteiger partial charge in [-0.3, -0.25) is 4.79 Å². The second kappa shape index (κ2) is 4.46. The summed E-state index contributed by atoms with van der Waals surface area (Å²) >= 11 is 1.38. The lowest BCUT2D eigenvalue weighted by Crippen LogP contribution is -2.45. The lowest BCUT2D eigenvalue weighted by Gasteiger charge is -2.21. The van der Waals surface area contributed by atoms with Crippen LogP contribution in [-0.2, 0) is 0 Å². The molecule has 1 aromatic rings. The second-order valence-corrected chi connectivity index (χ2v) is 5.71. The average molecular weight is 249 g/mol. The first-order valence-electron chi connectivity index (χ1n) is 5.74. The van der Waals surface area contributed by atoms with Gasteiger partial charge in [0.15, 0.2) is 0 Å². The zero-order valence-electron chi connectivity index (χ0n) is 10.0. The smallest absolute Gasteiger partial charge is 0.264 e. The van der Waals surface area contributed by atoms with Crippen molar-refractivity contribution in [3.05, 3.63) is 15.6 Å². The third-order valence-electron chi connectivity index (χ3n) is 3.13. The van der Waals surface area contributed by atoms with Crippen LogP contribution in [0.4, 0.5) is 0 Å². The highest BCUT2D eigenvalue weighted by molar-refractivity contribution is 7.13. The van der Waals surface area contributed by atoms with Crippen LogP contribution in [0.3, 0.4) is 0 Å². The number of nitriles is 1. The summed E-state index contributed by atoms with van der Waals surface area (Å²) in [5.41, 5.74) is 0.0950. The molecule has 0 atom stereocenters. The standard InChI is InChI=1S/C12H15N3OS/c1-8-10(17-9(2)14-8)11(16)15-12(7-13)5-3-4-6-12/h3-6H2,1-2H3,(H,15,16). The molecule has 0 saturated heterocycles.